The number of carbonyl (C=O) groups excluding carboxylic acids is 1. The molecule has 1 heterocycles. The van der Waals surface area contributed by atoms with Crippen LogP contribution in [0.2, 0.25) is 0 Å². The van der Waals surface area contributed by atoms with Crippen LogP contribution in [0, 0.1) is 5.82 Å². The summed E-state index contributed by atoms with van der Waals surface area (Å²) in [6, 6.07) is 11.9. The molecule has 39 heavy (non-hydrogen) atoms. The predicted molar refractivity (Wildman–Crippen MR) is 153 cm³/mol. The molecule has 16 heteroatoms. The number of hydrogen-bond acceptors (Lipinski definition) is 10. The topological polar surface area (TPSA) is 184 Å². The maximum absolute atomic E-state index is 15.1. The minimum atomic E-state index is -3.23. The summed E-state index contributed by atoms with van der Waals surface area (Å²) in [5, 5.41) is 3.97. The molecule has 1 fully saturated rings. The third kappa shape index (κ3) is 8.09. The van der Waals surface area contributed by atoms with Crippen molar-refractivity contribution in [3.63, 3.8) is 0 Å². The zero-order valence-corrected chi connectivity index (χ0v) is 23.8. The molecule has 1 aliphatic rings. The molecule has 12 nitrogen and oxygen atoms in total. The van der Waals surface area contributed by atoms with Gasteiger partial charge in [-0.05, 0) is 48.5 Å². The first-order chi connectivity index (χ1) is 18.6. The average molecular weight is 601 g/mol. The lowest BCUT2D eigenvalue weighted by Gasteiger charge is -2.25. The summed E-state index contributed by atoms with van der Waals surface area (Å²) >= 11 is 5.01. The highest BCUT2D eigenvalue weighted by molar-refractivity contribution is 7.80. The first-order valence-corrected chi connectivity index (χ1v) is 14.4. The van der Waals surface area contributed by atoms with E-state index >= 15 is 4.39 Å². The summed E-state index contributed by atoms with van der Waals surface area (Å²) in [4.78, 5) is 32.4. The van der Waals surface area contributed by atoms with E-state index in [4.69, 9.17) is 33.3 Å². The number of halogens is 1. The molecule has 1 amide bonds. The van der Waals surface area contributed by atoms with Crippen LogP contribution in [-0.4, -0.2) is 51.9 Å². The minimum Gasteiger partial charge on any atom is -0.448 e. The fraction of sp³-hybridized carbons (Fsp3) is 0.304. The molecule has 0 radical (unpaired) electrons. The molecule has 3 unspecified atom stereocenters. The Morgan fingerprint density at radius 1 is 1.38 bits per heavy atom. The van der Waals surface area contributed by atoms with Crippen molar-refractivity contribution in [3.05, 3.63) is 65.7 Å². The van der Waals surface area contributed by atoms with E-state index < -0.39 is 39.9 Å². The van der Waals surface area contributed by atoms with Crippen molar-refractivity contribution < 1.29 is 33.0 Å². The molecule has 0 saturated carbocycles. The quantitative estimate of drug-likeness (QED) is 0.0813. The smallest absolute Gasteiger partial charge is 0.414 e. The van der Waals surface area contributed by atoms with Gasteiger partial charge in [-0.15, -0.1) is 0 Å². The number of hydrazine groups is 1. The van der Waals surface area contributed by atoms with Gasteiger partial charge in [-0.2, -0.15) is 0 Å². The lowest BCUT2D eigenvalue weighted by Crippen LogP contribution is -2.37. The number of nitrogens with zero attached hydrogens (tertiary/aromatic N) is 1. The number of anilines is 1. The van der Waals surface area contributed by atoms with Crippen LogP contribution in [0.25, 0.3) is 11.1 Å². The third-order valence-corrected chi connectivity index (χ3v) is 8.48. The molecule has 2 aromatic rings. The normalized spacial score (nSPS) is 18.1. The van der Waals surface area contributed by atoms with E-state index in [1.165, 1.54) is 24.1 Å². The van der Waals surface area contributed by atoms with E-state index in [9.17, 15) is 19.1 Å². The van der Waals surface area contributed by atoms with Gasteiger partial charge in [-0.25, -0.2) is 9.18 Å². The van der Waals surface area contributed by atoms with Crippen LogP contribution in [0.1, 0.15) is 12.5 Å². The maximum atomic E-state index is 15.1. The van der Waals surface area contributed by atoms with Crippen LogP contribution >= 0.6 is 29.1 Å². The summed E-state index contributed by atoms with van der Waals surface area (Å²) in [6.07, 6.45) is 0.0817. The Morgan fingerprint density at radius 2 is 2.10 bits per heavy atom. The molecule has 1 saturated heterocycles. The van der Waals surface area contributed by atoms with Crippen LogP contribution in [0.5, 0.6) is 0 Å². The Kier molecular flexibility index (Phi) is 11.0. The highest BCUT2D eigenvalue weighted by Gasteiger charge is 2.35. The molecule has 0 aromatic heterocycles. The standard InChI is InChI=1S/C23H31FN6O6P2S/c1-23(37-32,38(33)34)36-21(39)28-12-18-13-30(22(31)35-18)17-6-7-19(20(24)8-17)15-4-2-14(3-5-15)10-27-11-16(9-25)29-26/h2-9,18,27,29,32,37-38H,10-13,25-26H2,1H3,(H,28,39)(H,33,34)/b16-9-/t18-,23?/m0/s1. The van der Waals surface area contributed by atoms with Gasteiger partial charge in [0.2, 0.25) is 13.1 Å². The molecule has 212 valence electrons. The number of thiocarbonyl (C=S) groups is 1. The maximum Gasteiger partial charge on any atom is 0.414 e. The first-order valence-electron chi connectivity index (χ1n) is 11.7. The second kappa shape index (κ2) is 14.0. The van der Waals surface area contributed by atoms with Gasteiger partial charge >= 0.3 is 6.09 Å². The predicted octanol–water partition coefficient (Wildman–Crippen LogP) is 1.79. The van der Waals surface area contributed by atoms with Gasteiger partial charge in [0, 0.05) is 24.9 Å². The molecule has 0 bridgehead atoms. The van der Waals surface area contributed by atoms with Gasteiger partial charge in [-0.3, -0.25) is 15.3 Å². The Bertz CT molecular complexity index is 1240. The van der Waals surface area contributed by atoms with Gasteiger partial charge in [0.05, 0.1) is 33.3 Å². The largest absolute Gasteiger partial charge is 0.448 e. The number of carbonyl (C=O) groups is 1. The molecule has 4 atom stereocenters. The summed E-state index contributed by atoms with van der Waals surface area (Å²) in [7, 11) is -4.19. The number of cyclic esters (lactones) is 1. The zero-order chi connectivity index (χ0) is 28.6. The fourth-order valence-electron chi connectivity index (χ4n) is 3.58. The Morgan fingerprint density at radius 3 is 2.69 bits per heavy atom. The number of benzene rings is 2. The van der Waals surface area contributed by atoms with Crippen molar-refractivity contribution >= 4 is 46.0 Å². The van der Waals surface area contributed by atoms with E-state index in [1.807, 2.05) is 24.3 Å². The monoisotopic (exact) mass is 600 g/mol. The number of amides is 1. The van der Waals surface area contributed by atoms with Crippen LogP contribution in [0.4, 0.5) is 14.9 Å². The van der Waals surface area contributed by atoms with Gasteiger partial charge in [0.1, 0.15) is 11.9 Å². The average Bonchev–Trinajstić information content (AvgIpc) is 3.30. The van der Waals surface area contributed by atoms with Crippen LogP contribution in [-0.2, 0) is 20.6 Å². The Balaban J connectivity index is 1.57. The SMILES string of the molecule is CC(OC(=S)NC[C@H]1CN(c2ccc(-c3ccc(CNC/C(=C/N)NN)cc3)c(F)c2)C(=O)O1)(PO)[PH](=O)O. The van der Waals surface area contributed by atoms with Gasteiger partial charge in [0.15, 0.2) is 0 Å². The van der Waals surface area contributed by atoms with Gasteiger partial charge in [0.25, 0.3) is 5.17 Å². The molecule has 0 spiro atoms. The summed E-state index contributed by atoms with van der Waals surface area (Å²) in [5.74, 6) is 4.84. The number of rotatable bonds is 12. The van der Waals surface area contributed by atoms with Gasteiger partial charge in [-0.1, -0.05) is 24.3 Å². The third-order valence-electron chi connectivity index (χ3n) is 5.83. The molecular formula is C23H31FN6O6P2S. The van der Waals surface area contributed by atoms with Crippen molar-refractivity contribution in [3.8, 4) is 11.1 Å². The summed E-state index contributed by atoms with van der Waals surface area (Å²) in [6.45, 7) is 2.46. The van der Waals surface area contributed by atoms with E-state index in [-0.39, 0.29) is 18.3 Å². The van der Waals surface area contributed by atoms with Gasteiger partial charge < -0.3 is 41.1 Å². The number of nitrogens with one attached hydrogen (secondary N) is 3. The zero-order valence-electron chi connectivity index (χ0n) is 20.9. The Hall–Kier alpha value is -2.83. The highest BCUT2D eigenvalue weighted by atomic mass is 32.1. The molecule has 3 rings (SSSR count). The number of ether oxygens (including phenoxy) is 2. The molecule has 9 N–H and O–H groups in total. The van der Waals surface area contributed by atoms with Crippen molar-refractivity contribution in [1.82, 2.24) is 16.1 Å². The molecular weight excluding hydrogens is 569 g/mol. The summed E-state index contributed by atoms with van der Waals surface area (Å²) < 4.78 is 37.0. The van der Waals surface area contributed by atoms with Crippen molar-refractivity contribution in [1.29, 1.82) is 0 Å². The van der Waals surface area contributed by atoms with Crippen molar-refractivity contribution in [2.45, 2.75) is 24.7 Å². The van der Waals surface area contributed by atoms with Crippen LogP contribution < -0.4 is 32.5 Å². The van der Waals surface area contributed by atoms with E-state index in [1.54, 1.807) is 12.1 Å². The lowest BCUT2D eigenvalue weighted by atomic mass is 10.0. The van der Waals surface area contributed by atoms with E-state index in [0.29, 0.717) is 35.6 Å². The van der Waals surface area contributed by atoms with E-state index in [2.05, 4.69) is 16.1 Å². The lowest BCUT2D eigenvalue weighted by molar-refractivity contribution is 0.140. The summed E-state index contributed by atoms with van der Waals surface area (Å²) in [5.41, 5.74) is 10.9. The van der Waals surface area contributed by atoms with Crippen molar-refractivity contribution in [2.24, 2.45) is 11.6 Å². The van der Waals surface area contributed by atoms with E-state index in [0.717, 1.165) is 5.56 Å². The van der Waals surface area contributed by atoms with Crippen LogP contribution in [0.3, 0.4) is 0 Å². The van der Waals surface area contributed by atoms with Crippen molar-refractivity contribution in [2.75, 3.05) is 24.5 Å². The second-order valence-corrected chi connectivity index (χ2v) is 12.3. The Labute approximate surface area is 232 Å². The first kappa shape index (κ1) is 30.7. The minimum absolute atomic E-state index is 0.0480. The second-order valence-electron chi connectivity index (χ2n) is 8.64. The molecule has 0 aliphatic carbocycles. The molecule has 1 aliphatic heterocycles. The van der Waals surface area contributed by atoms with Crippen LogP contribution in [0.15, 0.2) is 54.4 Å². The number of hydrogen-bond donors (Lipinski definition) is 7. The number of nitrogens with two attached hydrogens (primary N) is 2. The highest BCUT2D eigenvalue weighted by Crippen LogP contribution is 2.47. The molecule has 2 aromatic carbocycles. The fourth-order valence-corrected chi connectivity index (χ4v) is 4.70.